The molecule has 2 rings (SSSR count). The Bertz CT molecular complexity index is 295. The number of carbonyl (C=O) groups excluding carboxylic acids is 2. The Morgan fingerprint density at radius 1 is 1.41 bits per heavy atom. The van der Waals surface area contributed by atoms with Crippen molar-refractivity contribution in [1.82, 2.24) is 0 Å². The summed E-state index contributed by atoms with van der Waals surface area (Å²) < 4.78 is 16.2. The van der Waals surface area contributed by atoms with Gasteiger partial charge in [0.15, 0.2) is 5.79 Å². The van der Waals surface area contributed by atoms with Crippen molar-refractivity contribution in [1.29, 1.82) is 0 Å². The van der Waals surface area contributed by atoms with E-state index in [0.29, 0.717) is 6.42 Å². The van der Waals surface area contributed by atoms with Gasteiger partial charge in [-0.3, -0.25) is 4.79 Å². The van der Waals surface area contributed by atoms with Crippen molar-refractivity contribution in [2.24, 2.45) is 0 Å². The maximum absolute atomic E-state index is 11.2. The van der Waals surface area contributed by atoms with Crippen LogP contribution in [0.1, 0.15) is 38.5 Å². The van der Waals surface area contributed by atoms with E-state index in [1.807, 2.05) is 0 Å². The normalized spacial score (nSPS) is 31.4. The molecule has 5 nitrogen and oxygen atoms in total. The van der Waals surface area contributed by atoms with E-state index in [1.165, 1.54) is 7.11 Å². The molecular weight excluding hydrogens is 224 g/mol. The third kappa shape index (κ3) is 2.84. The van der Waals surface area contributed by atoms with E-state index in [2.05, 4.69) is 4.74 Å². The number of carbonyl (C=O) groups is 2. The zero-order valence-electron chi connectivity index (χ0n) is 10.0. The second-order valence-electron chi connectivity index (χ2n) is 4.67. The van der Waals surface area contributed by atoms with Crippen molar-refractivity contribution in [3.8, 4) is 0 Å². The van der Waals surface area contributed by atoms with E-state index in [1.54, 1.807) is 0 Å². The van der Waals surface area contributed by atoms with Gasteiger partial charge in [-0.25, -0.2) is 0 Å². The summed E-state index contributed by atoms with van der Waals surface area (Å²) >= 11 is 0. The molecule has 1 heterocycles. The minimum Gasteiger partial charge on any atom is -0.469 e. The minimum absolute atomic E-state index is 0.186. The van der Waals surface area contributed by atoms with Crippen LogP contribution in [0.2, 0.25) is 0 Å². The lowest BCUT2D eigenvalue weighted by molar-refractivity contribution is -0.305. The van der Waals surface area contributed by atoms with Crippen LogP contribution in [-0.2, 0) is 23.8 Å². The maximum Gasteiger partial charge on any atom is 0.308 e. The minimum atomic E-state index is -0.636. The second kappa shape index (κ2) is 5.14. The van der Waals surface area contributed by atoms with Gasteiger partial charge in [-0.05, 0) is 12.8 Å². The fraction of sp³-hybridized carbons (Fsp3) is 0.833. The summed E-state index contributed by atoms with van der Waals surface area (Å²) in [6, 6.07) is 0. The van der Waals surface area contributed by atoms with E-state index in [-0.39, 0.29) is 18.5 Å². The van der Waals surface area contributed by atoms with Crippen LogP contribution >= 0.6 is 0 Å². The summed E-state index contributed by atoms with van der Waals surface area (Å²) in [6.45, 7) is 0. The summed E-state index contributed by atoms with van der Waals surface area (Å²) in [7, 11) is 1.35. The van der Waals surface area contributed by atoms with Crippen molar-refractivity contribution in [3.63, 3.8) is 0 Å². The van der Waals surface area contributed by atoms with Crippen LogP contribution in [0, 0.1) is 0 Å². The van der Waals surface area contributed by atoms with Crippen LogP contribution in [0.5, 0.6) is 0 Å². The highest BCUT2D eigenvalue weighted by atomic mass is 16.7. The van der Waals surface area contributed by atoms with Crippen LogP contribution in [0.15, 0.2) is 0 Å². The number of aldehydes is 1. The fourth-order valence-electron chi connectivity index (χ4n) is 2.59. The second-order valence-corrected chi connectivity index (χ2v) is 4.67. The first kappa shape index (κ1) is 12.5. The van der Waals surface area contributed by atoms with Crippen molar-refractivity contribution >= 4 is 12.3 Å². The van der Waals surface area contributed by atoms with Gasteiger partial charge in [0.05, 0.1) is 19.6 Å². The highest BCUT2D eigenvalue weighted by molar-refractivity contribution is 5.70. The summed E-state index contributed by atoms with van der Waals surface area (Å²) in [4.78, 5) is 22.2. The third-order valence-corrected chi connectivity index (χ3v) is 3.38. The van der Waals surface area contributed by atoms with Gasteiger partial charge in [0.1, 0.15) is 12.4 Å². The van der Waals surface area contributed by atoms with E-state index in [0.717, 1.165) is 32.0 Å². The topological polar surface area (TPSA) is 61.8 Å². The molecule has 1 saturated heterocycles. The smallest absolute Gasteiger partial charge is 0.308 e. The molecule has 96 valence electrons. The molecule has 1 aliphatic carbocycles. The summed E-state index contributed by atoms with van der Waals surface area (Å²) in [6.07, 6.45) is 4.36. The largest absolute Gasteiger partial charge is 0.469 e. The van der Waals surface area contributed by atoms with E-state index in [4.69, 9.17) is 9.47 Å². The van der Waals surface area contributed by atoms with Crippen molar-refractivity contribution in [2.45, 2.75) is 56.5 Å². The van der Waals surface area contributed by atoms with Gasteiger partial charge in [0.2, 0.25) is 0 Å². The number of ether oxygens (including phenoxy) is 3. The molecule has 1 aliphatic heterocycles. The van der Waals surface area contributed by atoms with Crippen LogP contribution in [0.25, 0.3) is 0 Å². The fourth-order valence-corrected chi connectivity index (χ4v) is 2.59. The highest BCUT2D eigenvalue weighted by Crippen LogP contribution is 2.40. The van der Waals surface area contributed by atoms with Crippen LogP contribution in [-0.4, -0.2) is 37.4 Å². The quantitative estimate of drug-likeness (QED) is 0.549. The molecule has 2 atom stereocenters. The Morgan fingerprint density at radius 3 is 2.71 bits per heavy atom. The number of hydrogen-bond acceptors (Lipinski definition) is 5. The molecule has 0 amide bonds. The molecule has 17 heavy (non-hydrogen) atoms. The number of esters is 1. The highest BCUT2D eigenvalue weighted by Gasteiger charge is 2.45. The molecular formula is C12H18O5. The zero-order valence-corrected chi connectivity index (χ0v) is 10.0. The molecule has 0 N–H and O–H groups in total. The lowest BCUT2D eigenvalue weighted by Crippen LogP contribution is -2.48. The van der Waals surface area contributed by atoms with E-state index >= 15 is 0 Å². The summed E-state index contributed by atoms with van der Waals surface area (Å²) in [5.74, 6) is -0.947. The molecule has 1 spiro atoms. The molecule has 0 aromatic rings. The van der Waals surface area contributed by atoms with Crippen molar-refractivity contribution in [3.05, 3.63) is 0 Å². The first-order valence-electron chi connectivity index (χ1n) is 6.05. The van der Waals surface area contributed by atoms with Crippen LogP contribution in [0.4, 0.5) is 0 Å². The molecule has 0 unspecified atom stereocenters. The predicted octanol–water partition coefficient (Wildman–Crippen LogP) is 1.19. The van der Waals surface area contributed by atoms with Gasteiger partial charge in [-0.15, -0.1) is 0 Å². The number of rotatable bonds is 3. The van der Waals surface area contributed by atoms with Gasteiger partial charge in [0, 0.05) is 19.3 Å². The van der Waals surface area contributed by atoms with Crippen molar-refractivity contribution in [2.75, 3.05) is 7.11 Å². The lowest BCUT2D eigenvalue weighted by Gasteiger charge is -2.40. The first-order valence-corrected chi connectivity index (χ1v) is 6.05. The standard InChI is InChI=1S/C12H18O5/c1-15-11(14)7-9-6-10(8-13)17-12(16-9)4-2-3-5-12/h8-10H,2-7H2,1H3/t9-,10+/m1/s1. The molecule has 1 saturated carbocycles. The van der Waals surface area contributed by atoms with Gasteiger partial charge in [-0.1, -0.05) is 0 Å². The average Bonchev–Trinajstić information content (AvgIpc) is 2.76. The first-order chi connectivity index (χ1) is 8.17. The number of methoxy groups -OCH3 is 1. The molecule has 5 heteroatoms. The predicted molar refractivity (Wildman–Crippen MR) is 58.3 cm³/mol. The zero-order chi connectivity index (χ0) is 12.3. The lowest BCUT2D eigenvalue weighted by atomic mass is 10.0. The maximum atomic E-state index is 11.2. The molecule has 2 aliphatic rings. The molecule has 0 aromatic carbocycles. The SMILES string of the molecule is COC(=O)C[C@H]1C[C@@H](C=O)OC2(CCCC2)O1. The van der Waals surface area contributed by atoms with Gasteiger partial charge in [0.25, 0.3) is 0 Å². The molecule has 2 fully saturated rings. The van der Waals surface area contributed by atoms with E-state index < -0.39 is 11.9 Å². The molecule has 0 bridgehead atoms. The monoisotopic (exact) mass is 242 g/mol. The van der Waals surface area contributed by atoms with Crippen LogP contribution in [0.3, 0.4) is 0 Å². The Morgan fingerprint density at radius 2 is 2.12 bits per heavy atom. The Kier molecular flexibility index (Phi) is 3.79. The molecule has 0 aromatic heterocycles. The van der Waals surface area contributed by atoms with Gasteiger partial charge < -0.3 is 19.0 Å². The van der Waals surface area contributed by atoms with Gasteiger partial charge in [-0.2, -0.15) is 0 Å². The average molecular weight is 242 g/mol. The molecule has 0 radical (unpaired) electrons. The van der Waals surface area contributed by atoms with Crippen LogP contribution < -0.4 is 0 Å². The Hall–Kier alpha value is -0.940. The van der Waals surface area contributed by atoms with E-state index in [9.17, 15) is 9.59 Å². The Labute approximate surface area is 100 Å². The number of hydrogen-bond donors (Lipinski definition) is 0. The Balaban J connectivity index is 2.02. The third-order valence-electron chi connectivity index (χ3n) is 3.38. The summed E-state index contributed by atoms with van der Waals surface area (Å²) in [5, 5.41) is 0. The summed E-state index contributed by atoms with van der Waals surface area (Å²) in [5.41, 5.74) is 0. The van der Waals surface area contributed by atoms with Crippen molar-refractivity contribution < 1.29 is 23.8 Å². The van der Waals surface area contributed by atoms with Gasteiger partial charge >= 0.3 is 5.97 Å².